The van der Waals surface area contributed by atoms with E-state index < -0.39 is 0 Å². The molecule has 1 N–H and O–H groups in total. The molecule has 1 aromatic heterocycles. The Labute approximate surface area is 118 Å². The average molecular weight is 276 g/mol. The van der Waals surface area contributed by atoms with Crippen molar-refractivity contribution in [3.05, 3.63) is 35.5 Å². The van der Waals surface area contributed by atoms with Crippen molar-refractivity contribution in [3.63, 3.8) is 0 Å². The summed E-state index contributed by atoms with van der Waals surface area (Å²) in [5.41, 5.74) is 2.21. The summed E-state index contributed by atoms with van der Waals surface area (Å²) in [7, 11) is 0. The highest BCUT2D eigenvalue weighted by atomic mass is 35.5. The molecule has 3 rings (SSSR count). The highest BCUT2D eigenvalue weighted by Gasteiger charge is 2.22. The summed E-state index contributed by atoms with van der Waals surface area (Å²) in [6, 6.07) is 8.59. The molecule has 0 aliphatic carbocycles. The summed E-state index contributed by atoms with van der Waals surface area (Å²) >= 11 is 6.27. The first-order valence-corrected chi connectivity index (χ1v) is 7.19. The van der Waals surface area contributed by atoms with Gasteiger partial charge in [-0.05, 0) is 30.7 Å². The van der Waals surface area contributed by atoms with E-state index in [0.29, 0.717) is 6.04 Å². The molecule has 1 aliphatic rings. The Morgan fingerprint density at radius 1 is 1.42 bits per heavy atom. The third-order valence-electron chi connectivity index (χ3n) is 3.83. The van der Waals surface area contributed by atoms with E-state index in [1.54, 1.807) is 0 Å². The number of hydrogen-bond acceptors (Lipinski definition) is 3. The quantitative estimate of drug-likeness (QED) is 0.913. The van der Waals surface area contributed by atoms with Gasteiger partial charge >= 0.3 is 0 Å². The molecule has 3 nitrogen and oxygen atoms in total. The zero-order valence-electron chi connectivity index (χ0n) is 11.1. The second kappa shape index (κ2) is 5.35. The van der Waals surface area contributed by atoms with Gasteiger partial charge in [0, 0.05) is 37.3 Å². The van der Waals surface area contributed by atoms with E-state index in [-0.39, 0.29) is 0 Å². The van der Waals surface area contributed by atoms with Gasteiger partial charge in [-0.15, -0.1) is 0 Å². The Morgan fingerprint density at radius 2 is 2.32 bits per heavy atom. The van der Waals surface area contributed by atoms with Gasteiger partial charge in [-0.3, -0.25) is 4.98 Å². The van der Waals surface area contributed by atoms with E-state index in [1.165, 1.54) is 5.69 Å². The molecule has 0 bridgehead atoms. The highest BCUT2D eigenvalue weighted by Crippen LogP contribution is 2.32. The lowest BCUT2D eigenvalue weighted by atomic mass is 10.1. The fraction of sp³-hybridized carbons (Fsp3) is 0.400. The van der Waals surface area contributed by atoms with Gasteiger partial charge in [0.25, 0.3) is 0 Å². The molecule has 0 spiro atoms. The molecular weight excluding hydrogens is 258 g/mol. The first-order chi connectivity index (χ1) is 9.31. The summed E-state index contributed by atoms with van der Waals surface area (Å²) < 4.78 is 0. The first-order valence-electron chi connectivity index (χ1n) is 6.82. The number of nitrogens with one attached hydrogen (secondary N) is 1. The Morgan fingerprint density at radius 3 is 3.16 bits per heavy atom. The largest absolute Gasteiger partial charge is 0.364 e. The van der Waals surface area contributed by atoms with Crippen LogP contribution in [0.5, 0.6) is 0 Å². The van der Waals surface area contributed by atoms with Gasteiger partial charge < -0.3 is 10.2 Å². The molecule has 0 radical (unpaired) electrons. The fourth-order valence-electron chi connectivity index (χ4n) is 2.80. The van der Waals surface area contributed by atoms with Crippen LogP contribution in [0.3, 0.4) is 0 Å². The van der Waals surface area contributed by atoms with Gasteiger partial charge in [0.15, 0.2) is 0 Å². The predicted molar refractivity (Wildman–Crippen MR) is 81.0 cm³/mol. The van der Waals surface area contributed by atoms with Crippen LogP contribution in [0, 0.1) is 0 Å². The van der Waals surface area contributed by atoms with Crippen LogP contribution in [-0.4, -0.2) is 30.7 Å². The topological polar surface area (TPSA) is 28.2 Å². The van der Waals surface area contributed by atoms with Crippen LogP contribution in [0.25, 0.3) is 10.9 Å². The zero-order chi connectivity index (χ0) is 13.2. The zero-order valence-corrected chi connectivity index (χ0v) is 11.8. The minimum atomic E-state index is 0.528. The average Bonchev–Trinajstić information content (AvgIpc) is 2.48. The lowest BCUT2D eigenvalue weighted by Gasteiger charge is -2.38. The van der Waals surface area contributed by atoms with E-state index in [9.17, 15) is 0 Å². The predicted octanol–water partition coefficient (Wildman–Crippen LogP) is 3.08. The molecule has 1 unspecified atom stereocenters. The van der Waals surface area contributed by atoms with Crippen LogP contribution in [0.1, 0.15) is 13.3 Å². The Balaban J connectivity index is 2.11. The molecular formula is C15H18ClN3. The molecule has 1 aromatic carbocycles. The molecule has 1 aliphatic heterocycles. The number of hydrogen-bond donors (Lipinski definition) is 1. The van der Waals surface area contributed by atoms with E-state index >= 15 is 0 Å². The number of rotatable bonds is 2. The van der Waals surface area contributed by atoms with E-state index in [4.69, 9.17) is 11.6 Å². The van der Waals surface area contributed by atoms with Gasteiger partial charge in [0.05, 0.1) is 16.2 Å². The van der Waals surface area contributed by atoms with Crippen LogP contribution >= 0.6 is 11.6 Å². The molecule has 100 valence electrons. The number of nitrogens with zero attached hydrogens (tertiary/aromatic N) is 2. The molecule has 2 aromatic rings. The number of fused-ring (bicyclic) bond motifs is 1. The number of anilines is 1. The lowest BCUT2D eigenvalue weighted by Crippen LogP contribution is -2.51. The van der Waals surface area contributed by atoms with Gasteiger partial charge in [0.2, 0.25) is 0 Å². The third kappa shape index (κ3) is 2.28. The third-order valence-corrected chi connectivity index (χ3v) is 4.16. The number of aromatic nitrogens is 1. The summed E-state index contributed by atoms with van der Waals surface area (Å²) in [6.45, 7) is 5.31. The molecule has 2 heterocycles. The summed E-state index contributed by atoms with van der Waals surface area (Å²) in [4.78, 5) is 7.00. The van der Waals surface area contributed by atoms with Crippen molar-refractivity contribution in [2.75, 3.05) is 24.5 Å². The van der Waals surface area contributed by atoms with Crippen LogP contribution < -0.4 is 10.2 Å². The minimum Gasteiger partial charge on any atom is -0.364 e. The standard InChI is InChI=1S/C15H18ClN3/c1-2-11-10-17-8-9-19(11)14-6-5-13(16)12-4-3-7-18-15(12)14/h3-7,11,17H,2,8-10H2,1H3. The second-order valence-corrected chi connectivity index (χ2v) is 5.33. The van der Waals surface area contributed by atoms with Crippen LogP contribution in [0.15, 0.2) is 30.5 Å². The SMILES string of the molecule is CCC1CNCCN1c1ccc(Cl)c2cccnc12. The van der Waals surface area contributed by atoms with Gasteiger partial charge in [-0.25, -0.2) is 0 Å². The van der Waals surface area contributed by atoms with Crippen LogP contribution in [0.4, 0.5) is 5.69 Å². The molecule has 1 saturated heterocycles. The second-order valence-electron chi connectivity index (χ2n) is 4.93. The minimum absolute atomic E-state index is 0.528. The van der Waals surface area contributed by atoms with E-state index in [0.717, 1.165) is 42.0 Å². The number of benzene rings is 1. The molecule has 0 saturated carbocycles. The van der Waals surface area contributed by atoms with Crippen molar-refractivity contribution in [3.8, 4) is 0 Å². The van der Waals surface area contributed by atoms with Crippen molar-refractivity contribution >= 4 is 28.2 Å². The molecule has 4 heteroatoms. The van der Waals surface area contributed by atoms with E-state index in [1.807, 2.05) is 24.4 Å². The van der Waals surface area contributed by atoms with E-state index in [2.05, 4.69) is 28.2 Å². The van der Waals surface area contributed by atoms with Gasteiger partial charge in [0.1, 0.15) is 0 Å². The Bertz CT molecular complexity index is 585. The maximum Gasteiger partial charge on any atom is 0.0950 e. The van der Waals surface area contributed by atoms with Crippen LogP contribution in [0.2, 0.25) is 5.02 Å². The summed E-state index contributed by atoms with van der Waals surface area (Å²) in [5.74, 6) is 0. The smallest absolute Gasteiger partial charge is 0.0950 e. The number of pyridine rings is 1. The monoisotopic (exact) mass is 275 g/mol. The fourth-order valence-corrected chi connectivity index (χ4v) is 3.01. The Hall–Kier alpha value is -1.32. The normalized spacial score (nSPS) is 19.9. The highest BCUT2D eigenvalue weighted by molar-refractivity contribution is 6.35. The van der Waals surface area contributed by atoms with Gasteiger partial charge in [-0.1, -0.05) is 18.5 Å². The van der Waals surface area contributed by atoms with Crippen molar-refractivity contribution in [1.29, 1.82) is 0 Å². The first kappa shape index (κ1) is 12.7. The lowest BCUT2D eigenvalue weighted by molar-refractivity contribution is 0.467. The molecule has 0 amide bonds. The van der Waals surface area contributed by atoms with Crippen molar-refractivity contribution in [2.24, 2.45) is 0 Å². The van der Waals surface area contributed by atoms with Crippen molar-refractivity contribution < 1.29 is 0 Å². The van der Waals surface area contributed by atoms with Crippen molar-refractivity contribution in [2.45, 2.75) is 19.4 Å². The summed E-state index contributed by atoms with van der Waals surface area (Å²) in [6.07, 6.45) is 2.97. The maximum absolute atomic E-state index is 6.27. The Kier molecular flexibility index (Phi) is 3.58. The summed E-state index contributed by atoms with van der Waals surface area (Å²) in [5, 5.41) is 5.27. The molecule has 19 heavy (non-hydrogen) atoms. The maximum atomic E-state index is 6.27. The molecule has 1 atom stereocenters. The number of piperazine rings is 1. The van der Waals surface area contributed by atoms with Crippen LogP contribution in [-0.2, 0) is 0 Å². The van der Waals surface area contributed by atoms with Crippen molar-refractivity contribution in [1.82, 2.24) is 10.3 Å². The molecule has 1 fully saturated rings. The van der Waals surface area contributed by atoms with Gasteiger partial charge in [-0.2, -0.15) is 0 Å². The number of halogens is 1.